The smallest absolute Gasteiger partial charge is 0.351 e. The zero-order chi connectivity index (χ0) is 22.5. The number of rotatable bonds is 9. The van der Waals surface area contributed by atoms with Crippen molar-refractivity contribution in [2.75, 3.05) is 38.4 Å². The van der Waals surface area contributed by atoms with Gasteiger partial charge in [0.1, 0.15) is 12.7 Å². The van der Waals surface area contributed by atoms with Gasteiger partial charge in [-0.25, -0.2) is 4.79 Å². The average Bonchev–Trinajstić information content (AvgIpc) is 2.83. The first kappa shape index (κ1) is 22.8. The highest BCUT2D eigenvalue weighted by Crippen LogP contribution is 2.33. The first-order valence-corrected chi connectivity index (χ1v) is 11.9. The standard InChI is InChI=1S/C25H35N3O4/c1-4-6-7-19(5-2)27(3)20-8-9-22-18(14-20)10-11-28-23(22)15-24(26-25(28)29)32-17-21-16-30-12-13-31-21/h8-9,14-15,19,21H,4-7,10-13,16-17H2,1-3H3/t19?,21-/m0/s1. The topological polar surface area (TPSA) is 65.8 Å². The van der Waals surface area contributed by atoms with Crippen LogP contribution in [-0.2, 0) is 22.4 Å². The highest BCUT2D eigenvalue weighted by Gasteiger charge is 2.22. The molecule has 0 spiro atoms. The summed E-state index contributed by atoms with van der Waals surface area (Å²) in [4.78, 5) is 19.2. The second-order valence-corrected chi connectivity index (χ2v) is 8.70. The lowest BCUT2D eigenvalue weighted by Crippen LogP contribution is -2.34. The van der Waals surface area contributed by atoms with Crippen LogP contribution in [0.2, 0.25) is 0 Å². The molecule has 0 aliphatic carbocycles. The zero-order valence-corrected chi connectivity index (χ0v) is 19.5. The third-order valence-electron chi connectivity index (χ3n) is 6.58. The first-order chi connectivity index (χ1) is 15.6. The van der Waals surface area contributed by atoms with E-state index in [4.69, 9.17) is 14.2 Å². The van der Waals surface area contributed by atoms with Crippen molar-refractivity contribution in [3.05, 3.63) is 40.3 Å². The van der Waals surface area contributed by atoms with Gasteiger partial charge in [0.05, 0.1) is 25.5 Å². The van der Waals surface area contributed by atoms with Crippen LogP contribution in [0.25, 0.3) is 11.3 Å². The molecule has 1 aromatic heterocycles. The molecule has 0 saturated carbocycles. The molecule has 1 fully saturated rings. The predicted octanol–water partition coefficient (Wildman–Crippen LogP) is 3.67. The lowest BCUT2D eigenvalue weighted by atomic mass is 9.96. The van der Waals surface area contributed by atoms with Gasteiger partial charge in [0.2, 0.25) is 5.88 Å². The van der Waals surface area contributed by atoms with Crippen LogP contribution in [0, 0.1) is 0 Å². The van der Waals surface area contributed by atoms with Gasteiger partial charge in [0, 0.05) is 37.0 Å². The van der Waals surface area contributed by atoms with E-state index in [1.54, 1.807) is 4.57 Å². The normalized spacial score (nSPS) is 18.5. The highest BCUT2D eigenvalue weighted by molar-refractivity contribution is 5.70. The molecule has 7 heteroatoms. The van der Waals surface area contributed by atoms with Crippen molar-refractivity contribution in [2.24, 2.45) is 0 Å². The van der Waals surface area contributed by atoms with Crippen LogP contribution in [0.1, 0.15) is 45.1 Å². The summed E-state index contributed by atoms with van der Waals surface area (Å²) in [6.45, 7) is 7.14. The van der Waals surface area contributed by atoms with Crippen LogP contribution in [0.4, 0.5) is 5.69 Å². The minimum Gasteiger partial charge on any atom is -0.475 e. The fourth-order valence-electron chi connectivity index (χ4n) is 4.62. The van der Waals surface area contributed by atoms with Crippen LogP contribution in [0.3, 0.4) is 0 Å². The Bertz CT molecular complexity index is 968. The van der Waals surface area contributed by atoms with Gasteiger partial charge in [-0.1, -0.05) is 32.8 Å². The maximum atomic E-state index is 12.7. The minimum absolute atomic E-state index is 0.131. The Morgan fingerprint density at radius 3 is 2.91 bits per heavy atom. The third-order valence-corrected chi connectivity index (χ3v) is 6.58. The summed E-state index contributed by atoms with van der Waals surface area (Å²) < 4.78 is 18.6. The van der Waals surface area contributed by atoms with Crippen LogP contribution in [0.5, 0.6) is 5.88 Å². The van der Waals surface area contributed by atoms with E-state index in [1.807, 2.05) is 6.07 Å². The van der Waals surface area contributed by atoms with E-state index in [-0.39, 0.29) is 11.8 Å². The summed E-state index contributed by atoms with van der Waals surface area (Å²) in [6.07, 6.45) is 5.50. The van der Waals surface area contributed by atoms with Crippen molar-refractivity contribution >= 4 is 5.69 Å². The van der Waals surface area contributed by atoms with Crippen molar-refractivity contribution in [3.8, 4) is 17.1 Å². The Balaban J connectivity index is 1.55. The SMILES string of the molecule is CCCCC(CC)N(C)c1ccc2c(c1)CCn1c-2cc(OC[C@@H]2COCCO2)nc1=O. The molecule has 0 amide bonds. The molecule has 3 heterocycles. The zero-order valence-electron chi connectivity index (χ0n) is 19.5. The Morgan fingerprint density at radius 2 is 2.16 bits per heavy atom. The monoisotopic (exact) mass is 441 g/mol. The number of aryl methyl sites for hydroxylation is 1. The van der Waals surface area contributed by atoms with Crippen molar-refractivity contribution in [1.82, 2.24) is 9.55 Å². The summed E-state index contributed by atoms with van der Waals surface area (Å²) in [5.41, 5.74) is 4.18. The molecule has 1 saturated heterocycles. The van der Waals surface area contributed by atoms with Gasteiger partial charge in [-0.15, -0.1) is 0 Å². The molecule has 2 aromatic rings. The van der Waals surface area contributed by atoms with Crippen LogP contribution < -0.4 is 15.3 Å². The Kier molecular flexibility index (Phi) is 7.48. The maximum Gasteiger partial charge on any atom is 0.351 e. The van der Waals surface area contributed by atoms with Gasteiger partial charge in [-0.05, 0) is 37.0 Å². The molecule has 1 aromatic carbocycles. The lowest BCUT2D eigenvalue weighted by Gasteiger charge is -2.31. The quantitative estimate of drug-likeness (QED) is 0.592. The molecule has 7 nitrogen and oxygen atoms in total. The number of aromatic nitrogens is 2. The molecular weight excluding hydrogens is 406 g/mol. The van der Waals surface area contributed by atoms with Crippen molar-refractivity contribution in [2.45, 2.75) is 64.6 Å². The van der Waals surface area contributed by atoms with E-state index >= 15 is 0 Å². The number of anilines is 1. The van der Waals surface area contributed by atoms with Crippen LogP contribution in [0.15, 0.2) is 29.1 Å². The molecule has 0 bridgehead atoms. The Hall–Kier alpha value is -2.38. The van der Waals surface area contributed by atoms with E-state index in [9.17, 15) is 4.79 Å². The molecule has 1 unspecified atom stereocenters. The second kappa shape index (κ2) is 10.5. The number of fused-ring (bicyclic) bond motifs is 3. The van der Waals surface area contributed by atoms with Crippen molar-refractivity contribution < 1.29 is 14.2 Å². The number of hydrogen-bond donors (Lipinski definition) is 0. The highest BCUT2D eigenvalue weighted by atomic mass is 16.6. The number of unbranched alkanes of at least 4 members (excludes halogenated alkanes) is 1. The fraction of sp³-hybridized carbons (Fsp3) is 0.600. The van der Waals surface area contributed by atoms with Crippen molar-refractivity contribution in [3.63, 3.8) is 0 Å². The largest absolute Gasteiger partial charge is 0.475 e. The number of nitrogens with zero attached hydrogens (tertiary/aromatic N) is 3. The maximum absolute atomic E-state index is 12.7. The summed E-state index contributed by atoms with van der Waals surface area (Å²) in [5.74, 6) is 0.343. The van der Waals surface area contributed by atoms with E-state index in [0.717, 1.165) is 24.1 Å². The summed E-state index contributed by atoms with van der Waals surface area (Å²) in [7, 11) is 2.19. The van der Waals surface area contributed by atoms with Gasteiger partial charge in [-0.2, -0.15) is 4.98 Å². The number of hydrogen-bond acceptors (Lipinski definition) is 6. The average molecular weight is 442 g/mol. The van der Waals surface area contributed by atoms with Crippen LogP contribution in [-0.4, -0.2) is 55.2 Å². The summed E-state index contributed by atoms with van der Waals surface area (Å²) in [6, 6.07) is 9.01. The van der Waals surface area contributed by atoms with E-state index in [2.05, 4.69) is 49.0 Å². The Labute approximate surface area is 190 Å². The van der Waals surface area contributed by atoms with E-state index in [1.165, 1.54) is 30.5 Å². The fourth-order valence-corrected chi connectivity index (χ4v) is 4.62. The van der Waals surface area contributed by atoms with E-state index in [0.29, 0.717) is 44.9 Å². The molecule has 2 aliphatic heterocycles. The molecule has 32 heavy (non-hydrogen) atoms. The van der Waals surface area contributed by atoms with Gasteiger partial charge in [0.25, 0.3) is 0 Å². The molecule has 0 radical (unpaired) electrons. The molecular formula is C25H35N3O4. The number of benzene rings is 1. The first-order valence-electron chi connectivity index (χ1n) is 11.9. The van der Waals surface area contributed by atoms with Gasteiger partial charge < -0.3 is 19.1 Å². The number of ether oxygens (including phenoxy) is 3. The van der Waals surface area contributed by atoms with Crippen LogP contribution >= 0.6 is 0 Å². The third kappa shape index (κ3) is 4.99. The van der Waals surface area contributed by atoms with Crippen molar-refractivity contribution in [1.29, 1.82) is 0 Å². The van der Waals surface area contributed by atoms with E-state index < -0.39 is 0 Å². The molecule has 4 rings (SSSR count). The minimum atomic E-state index is -0.268. The Morgan fingerprint density at radius 1 is 1.28 bits per heavy atom. The molecule has 174 valence electrons. The predicted molar refractivity (Wildman–Crippen MR) is 126 cm³/mol. The second-order valence-electron chi connectivity index (χ2n) is 8.70. The van der Waals surface area contributed by atoms with Gasteiger partial charge in [-0.3, -0.25) is 4.57 Å². The molecule has 0 N–H and O–H groups in total. The summed E-state index contributed by atoms with van der Waals surface area (Å²) >= 11 is 0. The summed E-state index contributed by atoms with van der Waals surface area (Å²) in [5, 5.41) is 0. The molecule has 2 atom stereocenters. The van der Waals surface area contributed by atoms with Gasteiger partial charge in [0.15, 0.2) is 0 Å². The molecule has 2 aliphatic rings. The lowest BCUT2D eigenvalue weighted by molar-refractivity contribution is -0.102. The van der Waals surface area contributed by atoms with Gasteiger partial charge >= 0.3 is 5.69 Å².